The Bertz CT molecular complexity index is 147. The van der Waals surface area contributed by atoms with Crippen molar-refractivity contribution in [3.05, 3.63) is 101 Å². The first-order valence-electron chi connectivity index (χ1n) is 4.60. The molecule has 0 amide bonds. The summed E-state index contributed by atoms with van der Waals surface area (Å²) in [6, 6.07) is 0. The van der Waals surface area contributed by atoms with Gasteiger partial charge in [-0.15, -0.1) is 49.6 Å². The van der Waals surface area contributed by atoms with Crippen LogP contribution >= 0.6 is 49.6 Å². The van der Waals surface area contributed by atoms with Crippen LogP contribution in [0.4, 0.5) is 0 Å². The third-order valence-corrected chi connectivity index (χ3v) is 0.667. The van der Waals surface area contributed by atoms with Crippen LogP contribution in [0.1, 0.15) is 0 Å². The van der Waals surface area contributed by atoms with Crippen LogP contribution in [-0.4, -0.2) is 0 Å². The molecule has 0 rings (SSSR count). The highest BCUT2D eigenvalue weighted by Crippen LogP contribution is 1.53. The molecule has 0 fully saturated rings. The Kier molecular flexibility index (Phi) is 267. The highest BCUT2D eigenvalue weighted by Gasteiger charge is 1.30. The zero-order valence-electron chi connectivity index (χ0n) is 11.9. The first-order valence-corrected chi connectivity index (χ1v) is 4.60. The van der Waals surface area contributed by atoms with Crippen LogP contribution in [0, 0.1) is 0 Å². The van der Waals surface area contributed by atoms with E-state index in [1.54, 1.807) is 48.6 Å². The van der Waals surface area contributed by atoms with Gasteiger partial charge in [0.1, 0.15) is 0 Å². The number of rotatable bonds is 4. The fourth-order valence-electron chi connectivity index (χ4n) is 0. The Hall–Kier alpha value is -0.920. The molecule has 0 saturated heterocycles. The second-order valence-corrected chi connectivity index (χ2v) is 1.89. The van der Waals surface area contributed by atoms with Crippen molar-refractivity contribution in [2.75, 3.05) is 0 Å². The van der Waals surface area contributed by atoms with Crippen molar-refractivity contribution in [2.24, 2.45) is 0 Å². The van der Waals surface area contributed by atoms with Gasteiger partial charge in [-0.25, -0.2) is 0 Å². The van der Waals surface area contributed by atoms with Gasteiger partial charge in [0.25, 0.3) is 0 Å². The molecule has 120 valence electrons. The van der Waals surface area contributed by atoms with Gasteiger partial charge in [-0.05, 0) is 0 Å². The van der Waals surface area contributed by atoms with Crippen LogP contribution in [0.15, 0.2) is 101 Å². The van der Waals surface area contributed by atoms with Crippen LogP contribution in [-0.2, 0) is 0 Å². The fourth-order valence-corrected chi connectivity index (χ4v) is 0. The molecule has 0 aliphatic carbocycles. The molecular formula is C16H28Cl4. The molecule has 0 aromatic carbocycles. The van der Waals surface area contributed by atoms with Crippen molar-refractivity contribution < 1.29 is 0 Å². The molecule has 0 saturated carbocycles. The first kappa shape index (κ1) is 50.8. The molecule has 0 bridgehead atoms. The minimum absolute atomic E-state index is 0. The average Bonchev–Trinajstić information content (AvgIpc) is 2.39. The summed E-state index contributed by atoms with van der Waals surface area (Å²) in [5.41, 5.74) is 0. The Morgan fingerprint density at radius 3 is 0.300 bits per heavy atom. The normalized spacial score (nSPS) is 4.00. The Labute approximate surface area is 150 Å². The quantitative estimate of drug-likeness (QED) is 0.467. The lowest BCUT2D eigenvalue weighted by Crippen LogP contribution is -1.21. The molecule has 0 unspecified atom stereocenters. The molecule has 0 nitrogen and oxygen atoms in total. The number of halogens is 4. The van der Waals surface area contributed by atoms with Gasteiger partial charge in [-0.3, -0.25) is 0 Å². The van der Waals surface area contributed by atoms with E-state index in [2.05, 4.69) is 52.6 Å². The predicted molar refractivity (Wildman–Crippen MR) is 111 cm³/mol. The number of hydrogen-bond donors (Lipinski definition) is 0. The smallest absolute Gasteiger partial charge is 0.0701 e. The second-order valence-electron chi connectivity index (χ2n) is 1.89. The van der Waals surface area contributed by atoms with Crippen LogP contribution in [0.2, 0.25) is 0 Å². The molecule has 0 atom stereocenters. The Morgan fingerprint density at radius 2 is 0.300 bits per heavy atom. The minimum Gasteiger partial charge on any atom is -0.147 e. The Morgan fingerprint density at radius 1 is 0.250 bits per heavy atom. The number of allylic oxidation sites excluding steroid dienone is 8. The third-order valence-electron chi connectivity index (χ3n) is 0.667. The van der Waals surface area contributed by atoms with Gasteiger partial charge in [-0.1, -0.05) is 101 Å². The van der Waals surface area contributed by atoms with Gasteiger partial charge in [0.15, 0.2) is 0 Å². The van der Waals surface area contributed by atoms with Gasteiger partial charge in [0.05, 0.1) is 0 Å². The van der Waals surface area contributed by atoms with Crippen molar-refractivity contribution in [3.8, 4) is 0 Å². The van der Waals surface area contributed by atoms with Gasteiger partial charge in [0, 0.05) is 0 Å². The van der Waals surface area contributed by atoms with Crippen LogP contribution in [0.3, 0.4) is 0 Å². The minimum atomic E-state index is 0. The maximum absolute atomic E-state index is 3.36. The molecule has 20 heavy (non-hydrogen) atoms. The monoisotopic (exact) mass is 360 g/mol. The van der Waals surface area contributed by atoms with Crippen LogP contribution in [0.5, 0.6) is 0 Å². The second kappa shape index (κ2) is 105. The summed E-state index contributed by atoms with van der Waals surface area (Å²) in [4.78, 5) is 0. The predicted octanol–water partition coefficient (Wildman–Crippen LogP) is 7.12. The highest BCUT2D eigenvalue weighted by atomic mass is 35.5. The highest BCUT2D eigenvalue weighted by molar-refractivity contribution is 5.86. The van der Waals surface area contributed by atoms with Gasteiger partial charge in [-0.2, -0.15) is 0 Å². The Balaban J connectivity index is -0.0000000150. The first-order chi connectivity index (χ1) is 7.66. The molecule has 0 N–H and O–H groups in total. The van der Waals surface area contributed by atoms with E-state index < -0.39 is 0 Å². The summed E-state index contributed by atoms with van der Waals surface area (Å²) in [6.45, 7) is 26.9. The zero-order valence-corrected chi connectivity index (χ0v) is 15.2. The number of hydrogen-bond acceptors (Lipinski definition) is 0. The van der Waals surface area contributed by atoms with E-state index in [1.807, 2.05) is 0 Å². The van der Waals surface area contributed by atoms with E-state index in [0.717, 1.165) is 0 Å². The van der Waals surface area contributed by atoms with Gasteiger partial charge >= 0.3 is 0 Å². The summed E-state index contributed by atoms with van der Waals surface area (Å²) in [5, 5.41) is 0. The molecule has 0 radical (unpaired) electrons. The van der Waals surface area contributed by atoms with Crippen molar-refractivity contribution in [1.82, 2.24) is 0 Å². The molecule has 0 spiro atoms. The van der Waals surface area contributed by atoms with E-state index in [4.69, 9.17) is 0 Å². The van der Waals surface area contributed by atoms with Gasteiger partial charge in [0.2, 0.25) is 0 Å². The molecular weight excluding hydrogens is 334 g/mol. The molecule has 0 aliphatic heterocycles. The largest absolute Gasteiger partial charge is 0.147 e. The maximum Gasteiger partial charge on any atom is -0.0701 e. The van der Waals surface area contributed by atoms with Crippen molar-refractivity contribution >= 4 is 49.6 Å². The van der Waals surface area contributed by atoms with Crippen molar-refractivity contribution in [2.45, 2.75) is 0 Å². The van der Waals surface area contributed by atoms with E-state index in [-0.39, 0.29) is 49.6 Å². The summed E-state index contributed by atoms with van der Waals surface area (Å²) < 4.78 is 0. The molecule has 0 aliphatic rings. The summed E-state index contributed by atoms with van der Waals surface area (Å²) in [7, 11) is 0. The summed E-state index contributed by atoms with van der Waals surface area (Å²) >= 11 is 0. The van der Waals surface area contributed by atoms with E-state index in [9.17, 15) is 0 Å². The molecule has 4 heteroatoms. The van der Waals surface area contributed by atoms with Crippen molar-refractivity contribution in [3.63, 3.8) is 0 Å². The van der Waals surface area contributed by atoms with Crippen LogP contribution < -0.4 is 0 Å². The summed E-state index contributed by atoms with van der Waals surface area (Å²) in [6.07, 6.45) is 13.1. The SMILES string of the molecule is C=CC=C.C=CC=C.C=CC=C.C=CC=C.Cl.Cl.Cl.Cl. The standard InChI is InChI=1S/4C4H6.4ClH/c4*1-3-4-2;;;;/h4*3-4H,1-2H2;4*1H. The van der Waals surface area contributed by atoms with Crippen LogP contribution in [0.25, 0.3) is 0 Å². The molecule has 0 heterocycles. The fraction of sp³-hybridized carbons (Fsp3) is 0. The lowest BCUT2D eigenvalue weighted by atomic mass is 10.6. The van der Waals surface area contributed by atoms with E-state index in [0.29, 0.717) is 0 Å². The zero-order chi connectivity index (χ0) is 13.7. The molecule has 0 aromatic rings. The topological polar surface area (TPSA) is 0 Å². The third kappa shape index (κ3) is 466. The van der Waals surface area contributed by atoms with E-state index in [1.165, 1.54) is 0 Å². The van der Waals surface area contributed by atoms with Gasteiger partial charge < -0.3 is 0 Å². The molecule has 0 aromatic heterocycles. The summed E-state index contributed by atoms with van der Waals surface area (Å²) in [5.74, 6) is 0. The lowest BCUT2D eigenvalue weighted by molar-refractivity contribution is 2.15. The van der Waals surface area contributed by atoms with Crippen molar-refractivity contribution in [1.29, 1.82) is 0 Å². The lowest BCUT2D eigenvalue weighted by Gasteiger charge is -1.44. The van der Waals surface area contributed by atoms with E-state index >= 15 is 0 Å². The maximum atomic E-state index is 3.36. The average molecular weight is 362 g/mol.